The molecule has 1 aliphatic heterocycles. The van der Waals surface area contributed by atoms with Crippen molar-refractivity contribution < 1.29 is 24.6 Å². The van der Waals surface area contributed by atoms with Crippen LogP contribution in [-0.2, 0) is 15.0 Å². The van der Waals surface area contributed by atoms with Gasteiger partial charge in [-0.3, -0.25) is 4.79 Å². The lowest BCUT2D eigenvalue weighted by atomic mass is 9.86. The molecule has 3 aromatic carbocycles. The second kappa shape index (κ2) is 14.8. The molecule has 2 N–H and O–H groups in total. The van der Waals surface area contributed by atoms with Crippen LogP contribution in [0.15, 0.2) is 90.5 Å². The summed E-state index contributed by atoms with van der Waals surface area (Å²) < 4.78 is 0. The summed E-state index contributed by atoms with van der Waals surface area (Å²) in [6, 6.07) is 25.8. The molecule has 0 atom stereocenters. The minimum absolute atomic E-state index is 0.113. The van der Waals surface area contributed by atoms with Gasteiger partial charge in [0.05, 0.1) is 0 Å². The van der Waals surface area contributed by atoms with Gasteiger partial charge < -0.3 is 15.1 Å². The quantitative estimate of drug-likeness (QED) is 0.169. The van der Waals surface area contributed by atoms with Crippen LogP contribution in [0.5, 0.6) is 0 Å². The van der Waals surface area contributed by atoms with Gasteiger partial charge >= 0.3 is 11.9 Å². The van der Waals surface area contributed by atoms with Crippen LogP contribution in [0.25, 0.3) is 17.7 Å². The Bertz CT molecular complexity index is 1510. The molecule has 0 amide bonds. The second-order valence-electron chi connectivity index (χ2n) is 12.2. The number of carbonyl (C=O) groups excluding carboxylic acids is 1. The van der Waals surface area contributed by atoms with E-state index in [2.05, 4.69) is 98.5 Å². The van der Waals surface area contributed by atoms with E-state index in [1.54, 1.807) is 5.57 Å². The number of benzene rings is 3. The maximum Gasteiger partial charge on any atom is 0.328 e. The van der Waals surface area contributed by atoms with Crippen molar-refractivity contribution >= 4 is 35.4 Å². The van der Waals surface area contributed by atoms with E-state index in [1.807, 2.05) is 12.1 Å². The Hall–Kier alpha value is -4.55. The van der Waals surface area contributed by atoms with Crippen LogP contribution < -0.4 is 0 Å². The number of hydrogen-bond acceptors (Lipinski definition) is 4. The van der Waals surface area contributed by atoms with Crippen molar-refractivity contribution in [1.29, 1.82) is 0 Å². The predicted octanol–water partition coefficient (Wildman–Crippen LogP) is 7.74. The molecule has 1 saturated heterocycles. The molecule has 0 unspecified atom stereocenters. The van der Waals surface area contributed by atoms with Gasteiger partial charge in [-0.2, -0.15) is 0 Å². The summed E-state index contributed by atoms with van der Waals surface area (Å²) in [7, 11) is 0. The highest BCUT2D eigenvalue weighted by Gasteiger charge is 2.22. The first-order valence-electron chi connectivity index (χ1n) is 15.1. The fraction of sp³-hybridized carbons (Fsp3) is 0.289. The zero-order valence-corrected chi connectivity index (χ0v) is 25.8. The number of Topliss-reactive ketones (excluding diaryl/α,β-unsaturated/α-hetero) is 1. The first-order chi connectivity index (χ1) is 21.0. The number of carbonyl (C=O) groups is 3. The highest BCUT2D eigenvalue weighted by molar-refractivity contribution is 5.96. The van der Waals surface area contributed by atoms with E-state index >= 15 is 0 Å². The van der Waals surface area contributed by atoms with Crippen LogP contribution >= 0.6 is 0 Å². The minimum Gasteiger partial charge on any atom is -0.478 e. The molecule has 6 nitrogen and oxygen atoms in total. The van der Waals surface area contributed by atoms with Crippen molar-refractivity contribution in [2.75, 3.05) is 19.6 Å². The molecule has 6 heteroatoms. The first kappa shape index (κ1) is 32.4. The summed E-state index contributed by atoms with van der Waals surface area (Å²) in [5, 5.41) is 15.6. The molecule has 0 radical (unpaired) electrons. The van der Waals surface area contributed by atoms with Crippen LogP contribution in [0.1, 0.15) is 84.6 Å². The number of nitrogens with zero attached hydrogens (tertiary/aromatic N) is 1. The number of carboxylic acid groups (broad SMARTS) is 2. The van der Waals surface area contributed by atoms with Crippen molar-refractivity contribution in [2.24, 2.45) is 0 Å². The van der Waals surface area contributed by atoms with Gasteiger partial charge in [0.15, 0.2) is 5.78 Å². The molecule has 3 aromatic rings. The Morgan fingerprint density at radius 3 is 1.73 bits per heavy atom. The van der Waals surface area contributed by atoms with Gasteiger partial charge in [0.1, 0.15) is 0 Å². The Balaban J connectivity index is 0.000000488. The molecule has 0 bridgehead atoms. The predicted molar refractivity (Wildman–Crippen MR) is 177 cm³/mol. The Morgan fingerprint density at radius 2 is 1.25 bits per heavy atom. The van der Waals surface area contributed by atoms with Crippen LogP contribution in [0, 0.1) is 0 Å². The molecule has 44 heavy (non-hydrogen) atoms. The van der Waals surface area contributed by atoms with Gasteiger partial charge in [-0.05, 0) is 64.6 Å². The first-order valence-corrected chi connectivity index (χ1v) is 15.1. The third kappa shape index (κ3) is 8.74. The van der Waals surface area contributed by atoms with E-state index in [4.69, 9.17) is 10.2 Å². The van der Waals surface area contributed by atoms with Gasteiger partial charge in [0.2, 0.25) is 0 Å². The fourth-order valence-electron chi connectivity index (χ4n) is 5.65. The number of ketones is 1. The summed E-state index contributed by atoms with van der Waals surface area (Å²) in [6.45, 7) is 9.72. The van der Waals surface area contributed by atoms with E-state index in [9.17, 15) is 14.4 Å². The molecule has 2 aliphatic rings. The third-order valence-corrected chi connectivity index (χ3v) is 8.04. The Labute approximate surface area is 260 Å². The maximum atomic E-state index is 12.7. The average Bonchev–Trinajstić information content (AvgIpc) is 3.17. The smallest absolute Gasteiger partial charge is 0.328 e. The van der Waals surface area contributed by atoms with Crippen molar-refractivity contribution in [3.05, 3.63) is 124 Å². The van der Waals surface area contributed by atoms with Crippen molar-refractivity contribution in [2.45, 2.75) is 51.9 Å². The van der Waals surface area contributed by atoms with Gasteiger partial charge in [-0.15, -0.1) is 0 Å². The summed E-state index contributed by atoms with van der Waals surface area (Å²) >= 11 is 0. The SMILES string of the molecule is CC(C)(C)c1ccc(C(=O)CCCN2CCC(=C3c4ccccc4C=Cc4ccccc43)CC2)cc1.O=C(O)/C=C\C(=O)O. The largest absolute Gasteiger partial charge is 0.478 e. The van der Waals surface area contributed by atoms with Gasteiger partial charge in [-0.1, -0.05) is 111 Å². The monoisotopic (exact) mass is 591 g/mol. The molecule has 0 saturated carbocycles. The molecule has 1 aliphatic carbocycles. The lowest BCUT2D eigenvalue weighted by Gasteiger charge is -2.30. The third-order valence-electron chi connectivity index (χ3n) is 8.04. The highest BCUT2D eigenvalue weighted by Crippen LogP contribution is 2.38. The van der Waals surface area contributed by atoms with E-state index in [-0.39, 0.29) is 11.2 Å². The van der Waals surface area contributed by atoms with Crippen molar-refractivity contribution in [3.8, 4) is 0 Å². The standard InChI is InChI=1S/C34H37NO.C4H4O4/c1-34(2,3)29-18-16-27(17-19-29)32(36)13-8-22-35-23-20-28(21-24-35)33-30-11-6-4-9-25(30)14-15-26-10-5-7-12-31(26)33;5-3(6)1-2-4(7)8/h4-7,9-12,14-19H,8,13,20-24H2,1-3H3;1-2H,(H,5,6)(H,7,8)/b;2-1-. The number of fused-ring (bicyclic) bond motifs is 2. The molecular formula is C38H41NO5. The van der Waals surface area contributed by atoms with Crippen molar-refractivity contribution in [1.82, 2.24) is 4.90 Å². The van der Waals surface area contributed by atoms with E-state index < -0.39 is 11.9 Å². The Kier molecular flexibility index (Phi) is 10.9. The van der Waals surface area contributed by atoms with E-state index in [0.29, 0.717) is 18.6 Å². The zero-order valence-electron chi connectivity index (χ0n) is 25.8. The molecule has 1 fully saturated rings. The summed E-state index contributed by atoms with van der Waals surface area (Å²) in [5.41, 5.74) is 10.5. The zero-order chi connectivity index (χ0) is 31.7. The normalized spacial score (nSPS) is 14.7. The van der Waals surface area contributed by atoms with E-state index in [0.717, 1.165) is 44.5 Å². The summed E-state index contributed by atoms with van der Waals surface area (Å²) in [5.74, 6) is -2.26. The summed E-state index contributed by atoms with van der Waals surface area (Å²) in [6.07, 6.45) is 9.33. The number of piperidine rings is 1. The topological polar surface area (TPSA) is 94.9 Å². The van der Waals surface area contributed by atoms with E-state index in [1.165, 1.54) is 33.4 Å². The van der Waals surface area contributed by atoms with Gasteiger partial charge in [-0.25, -0.2) is 9.59 Å². The number of aliphatic carboxylic acids is 2. The van der Waals surface area contributed by atoms with Crippen LogP contribution in [-0.4, -0.2) is 52.5 Å². The second-order valence-corrected chi connectivity index (χ2v) is 12.2. The lowest BCUT2D eigenvalue weighted by molar-refractivity contribution is -0.134. The number of hydrogen-bond donors (Lipinski definition) is 2. The minimum atomic E-state index is -1.26. The average molecular weight is 592 g/mol. The van der Waals surface area contributed by atoms with Gasteiger partial charge in [0, 0.05) is 37.2 Å². The van der Waals surface area contributed by atoms with Crippen LogP contribution in [0.3, 0.4) is 0 Å². The molecule has 1 heterocycles. The maximum absolute atomic E-state index is 12.7. The number of rotatable bonds is 7. The summed E-state index contributed by atoms with van der Waals surface area (Å²) in [4.78, 5) is 34.4. The van der Waals surface area contributed by atoms with Gasteiger partial charge in [0.25, 0.3) is 0 Å². The molecular weight excluding hydrogens is 550 g/mol. The van der Waals surface area contributed by atoms with Crippen LogP contribution in [0.4, 0.5) is 0 Å². The fourth-order valence-corrected chi connectivity index (χ4v) is 5.65. The molecule has 228 valence electrons. The molecule has 0 spiro atoms. The lowest BCUT2D eigenvalue weighted by Crippen LogP contribution is -2.32. The van der Waals surface area contributed by atoms with Crippen LogP contribution in [0.2, 0.25) is 0 Å². The molecule has 5 rings (SSSR count). The van der Waals surface area contributed by atoms with Crippen molar-refractivity contribution in [3.63, 3.8) is 0 Å². The Morgan fingerprint density at radius 1 is 0.750 bits per heavy atom. The highest BCUT2D eigenvalue weighted by atomic mass is 16.4. The molecule has 0 aromatic heterocycles. The number of carboxylic acids is 2. The number of likely N-dealkylation sites (tertiary alicyclic amines) is 1.